The van der Waals surface area contributed by atoms with Crippen molar-refractivity contribution < 1.29 is 23.5 Å². The van der Waals surface area contributed by atoms with E-state index in [4.69, 9.17) is 9.47 Å². The number of hydrogen-bond acceptors (Lipinski definition) is 4. The van der Waals surface area contributed by atoms with Gasteiger partial charge >= 0.3 is 0 Å². The summed E-state index contributed by atoms with van der Waals surface area (Å²) in [4.78, 5) is 27.2. The number of likely N-dealkylation sites (tertiary alicyclic amines) is 1. The minimum atomic E-state index is -0.549. The molecular weight excluding hydrogens is 423 g/mol. The highest BCUT2D eigenvalue weighted by atomic mass is 19.1. The van der Waals surface area contributed by atoms with Gasteiger partial charge in [0.15, 0.2) is 11.6 Å². The molecule has 6 nitrogen and oxygen atoms in total. The molecule has 1 heterocycles. The van der Waals surface area contributed by atoms with Crippen molar-refractivity contribution in [3.8, 4) is 5.75 Å². The zero-order chi connectivity index (χ0) is 23.6. The van der Waals surface area contributed by atoms with Gasteiger partial charge in [0.05, 0.1) is 19.3 Å². The number of rotatable bonds is 6. The first kappa shape index (κ1) is 23.2. The van der Waals surface area contributed by atoms with E-state index in [0.717, 1.165) is 5.56 Å². The molecule has 0 aromatic heterocycles. The Morgan fingerprint density at radius 3 is 2.52 bits per heavy atom. The van der Waals surface area contributed by atoms with Gasteiger partial charge in [-0.05, 0) is 49.1 Å². The molecular formula is C26H31FN2O4. The summed E-state index contributed by atoms with van der Waals surface area (Å²) >= 11 is 0. The molecule has 2 aliphatic rings. The molecule has 0 unspecified atom stereocenters. The molecule has 0 saturated carbocycles. The molecule has 1 N–H and O–H groups in total. The molecule has 1 aliphatic carbocycles. The lowest BCUT2D eigenvalue weighted by atomic mass is 9.71. The third-order valence-electron chi connectivity index (χ3n) is 7.01. The predicted octanol–water partition coefficient (Wildman–Crippen LogP) is 3.99. The Balaban J connectivity index is 1.59. The van der Waals surface area contributed by atoms with E-state index in [0.29, 0.717) is 44.5 Å². The van der Waals surface area contributed by atoms with Gasteiger partial charge in [0.2, 0.25) is 5.91 Å². The van der Waals surface area contributed by atoms with Crippen LogP contribution in [-0.4, -0.2) is 49.6 Å². The number of nitrogens with zero attached hydrogens (tertiary/aromatic N) is 1. The summed E-state index contributed by atoms with van der Waals surface area (Å²) in [6.07, 6.45) is 1.62. The number of nitrogens with one attached hydrogen (secondary N) is 1. The predicted molar refractivity (Wildman–Crippen MR) is 123 cm³/mol. The van der Waals surface area contributed by atoms with Crippen LogP contribution in [0.5, 0.6) is 5.75 Å². The number of amides is 2. The van der Waals surface area contributed by atoms with Crippen LogP contribution in [0.2, 0.25) is 0 Å². The Bertz CT molecular complexity index is 1030. The van der Waals surface area contributed by atoms with Crippen LogP contribution in [0.1, 0.15) is 60.6 Å². The quantitative estimate of drug-likeness (QED) is 0.717. The largest absolute Gasteiger partial charge is 0.494 e. The summed E-state index contributed by atoms with van der Waals surface area (Å²) in [6, 6.07) is 12.3. The van der Waals surface area contributed by atoms with Crippen LogP contribution in [0.15, 0.2) is 42.5 Å². The summed E-state index contributed by atoms with van der Waals surface area (Å²) < 4.78 is 25.4. The maximum atomic E-state index is 14.1. The van der Waals surface area contributed by atoms with Crippen molar-refractivity contribution in [3.05, 3.63) is 65.0 Å². The molecule has 2 aromatic rings. The standard InChI is InChI=1S/C26H31FN2O4/c1-4-22(30)28-23-18-8-6-7-9-19(18)26(24(23)33-5-2)12-14-29(15-13-26)25(31)17-10-11-21(32-3)20(27)16-17/h6-11,16,23-24H,4-5,12-15H2,1-3H3,(H,28,30)/t23-,24+/m1/s1. The lowest BCUT2D eigenvalue weighted by Crippen LogP contribution is -2.52. The van der Waals surface area contributed by atoms with Gasteiger partial charge in [0.1, 0.15) is 0 Å². The van der Waals surface area contributed by atoms with Crippen molar-refractivity contribution in [1.82, 2.24) is 10.2 Å². The molecule has 176 valence electrons. The fourth-order valence-corrected chi connectivity index (χ4v) is 5.37. The van der Waals surface area contributed by atoms with E-state index < -0.39 is 5.82 Å². The van der Waals surface area contributed by atoms with Crippen LogP contribution in [0.25, 0.3) is 0 Å². The van der Waals surface area contributed by atoms with Crippen LogP contribution in [0, 0.1) is 5.82 Å². The number of carbonyl (C=O) groups excluding carboxylic acids is 2. The lowest BCUT2D eigenvalue weighted by molar-refractivity contribution is -0.123. The highest BCUT2D eigenvalue weighted by Crippen LogP contribution is 2.52. The molecule has 4 rings (SSSR count). The van der Waals surface area contributed by atoms with Crippen LogP contribution < -0.4 is 10.1 Å². The molecule has 2 amide bonds. The van der Waals surface area contributed by atoms with E-state index in [2.05, 4.69) is 17.4 Å². The fraction of sp³-hybridized carbons (Fsp3) is 0.462. The normalized spacial score (nSPS) is 21.0. The smallest absolute Gasteiger partial charge is 0.253 e. The number of methoxy groups -OCH3 is 1. The van der Waals surface area contributed by atoms with E-state index >= 15 is 0 Å². The summed E-state index contributed by atoms with van der Waals surface area (Å²) in [7, 11) is 1.40. The number of carbonyl (C=O) groups is 2. The van der Waals surface area contributed by atoms with Gasteiger partial charge in [-0.2, -0.15) is 0 Å². The second-order valence-electron chi connectivity index (χ2n) is 8.66. The Morgan fingerprint density at radius 2 is 1.88 bits per heavy atom. The summed E-state index contributed by atoms with van der Waals surface area (Å²) in [5, 5.41) is 3.17. The first-order chi connectivity index (χ1) is 15.9. The molecule has 1 spiro atoms. The van der Waals surface area contributed by atoms with Crippen LogP contribution in [0.3, 0.4) is 0 Å². The van der Waals surface area contributed by atoms with Crippen molar-refractivity contribution in [2.24, 2.45) is 0 Å². The SMILES string of the molecule is CCO[C@H]1[C@H](NC(=O)CC)c2ccccc2C12CCN(C(=O)c1ccc(OC)c(F)c1)CC2. The molecule has 2 atom stereocenters. The summed E-state index contributed by atoms with van der Waals surface area (Å²) in [6.45, 7) is 5.39. The van der Waals surface area contributed by atoms with Gasteiger partial charge in [-0.1, -0.05) is 31.2 Å². The van der Waals surface area contributed by atoms with Crippen LogP contribution >= 0.6 is 0 Å². The first-order valence-electron chi connectivity index (χ1n) is 11.6. The maximum Gasteiger partial charge on any atom is 0.253 e. The third-order valence-corrected chi connectivity index (χ3v) is 7.01. The zero-order valence-corrected chi connectivity index (χ0v) is 19.4. The highest BCUT2D eigenvalue weighted by molar-refractivity contribution is 5.94. The van der Waals surface area contributed by atoms with Crippen molar-refractivity contribution in [2.45, 2.75) is 50.7 Å². The monoisotopic (exact) mass is 454 g/mol. The van der Waals surface area contributed by atoms with E-state index in [9.17, 15) is 14.0 Å². The highest BCUT2D eigenvalue weighted by Gasteiger charge is 2.54. The number of hydrogen-bond donors (Lipinski definition) is 1. The van der Waals surface area contributed by atoms with Crippen molar-refractivity contribution >= 4 is 11.8 Å². The van der Waals surface area contributed by atoms with Gasteiger partial charge in [-0.3, -0.25) is 9.59 Å². The zero-order valence-electron chi connectivity index (χ0n) is 19.4. The van der Waals surface area contributed by atoms with Crippen molar-refractivity contribution in [3.63, 3.8) is 0 Å². The second kappa shape index (κ2) is 9.51. The van der Waals surface area contributed by atoms with Crippen molar-refractivity contribution in [1.29, 1.82) is 0 Å². The lowest BCUT2D eigenvalue weighted by Gasteiger charge is -2.44. The van der Waals surface area contributed by atoms with Gasteiger partial charge in [-0.15, -0.1) is 0 Å². The second-order valence-corrected chi connectivity index (χ2v) is 8.66. The number of benzene rings is 2. The van der Waals surface area contributed by atoms with Crippen LogP contribution in [-0.2, 0) is 14.9 Å². The molecule has 2 aromatic carbocycles. The van der Waals surface area contributed by atoms with E-state index in [1.807, 2.05) is 26.0 Å². The molecule has 1 fully saturated rings. The minimum Gasteiger partial charge on any atom is -0.494 e. The topological polar surface area (TPSA) is 67.9 Å². The molecule has 0 radical (unpaired) electrons. The van der Waals surface area contributed by atoms with Gasteiger partial charge < -0.3 is 19.7 Å². The molecule has 7 heteroatoms. The number of fused-ring (bicyclic) bond motifs is 2. The maximum absolute atomic E-state index is 14.1. The molecule has 33 heavy (non-hydrogen) atoms. The number of piperidine rings is 1. The number of halogens is 1. The van der Waals surface area contributed by atoms with E-state index in [1.54, 1.807) is 11.0 Å². The number of ether oxygens (including phenoxy) is 2. The summed E-state index contributed by atoms with van der Waals surface area (Å²) in [5.41, 5.74) is 2.30. The minimum absolute atomic E-state index is 0.00861. The molecule has 1 aliphatic heterocycles. The molecule has 0 bridgehead atoms. The fourth-order valence-electron chi connectivity index (χ4n) is 5.37. The van der Waals surface area contributed by atoms with E-state index in [1.165, 1.54) is 24.8 Å². The Labute approximate surface area is 194 Å². The average molecular weight is 455 g/mol. The Morgan fingerprint density at radius 1 is 1.15 bits per heavy atom. The summed E-state index contributed by atoms with van der Waals surface area (Å²) in [5.74, 6) is -0.633. The Kier molecular flexibility index (Phi) is 6.70. The third kappa shape index (κ3) is 4.10. The molecule has 1 saturated heterocycles. The van der Waals surface area contributed by atoms with Gasteiger partial charge in [0.25, 0.3) is 5.91 Å². The first-order valence-corrected chi connectivity index (χ1v) is 11.6. The Hall–Kier alpha value is -2.93. The van der Waals surface area contributed by atoms with E-state index in [-0.39, 0.29) is 35.1 Å². The van der Waals surface area contributed by atoms with Crippen LogP contribution in [0.4, 0.5) is 4.39 Å². The average Bonchev–Trinajstić information content (AvgIpc) is 3.08. The van der Waals surface area contributed by atoms with Gasteiger partial charge in [-0.25, -0.2) is 4.39 Å². The van der Waals surface area contributed by atoms with Gasteiger partial charge in [0, 0.05) is 37.1 Å². The van der Waals surface area contributed by atoms with Crippen molar-refractivity contribution in [2.75, 3.05) is 26.8 Å².